The van der Waals surface area contributed by atoms with Gasteiger partial charge in [-0.3, -0.25) is 14.6 Å². The number of aromatic nitrogens is 2. The molecule has 8 nitrogen and oxygen atoms in total. The summed E-state index contributed by atoms with van der Waals surface area (Å²) in [4.78, 5) is 37.2. The van der Waals surface area contributed by atoms with Crippen molar-refractivity contribution in [1.82, 2.24) is 25.1 Å². The number of hydrogen-bond acceptors (Lipinski definition) is 6. The minimum absolute atomic E-state index is 0.0351. The molecule has 1 aromatic rings. The Morgan fingerprint density at radius 2 is 1.87 bits per heavy atom. The average molecular weight is 422 g/mol. The second-order valence-corrected chi connectivity index (χ2v) is 7.32. The van der Waals surface area contributed by atoms with Crippen molar-refractivity contribution in [2.24, 2.45) is 0 Å². The molecule has 0 fully saturated rings. The number of hydrogen-bond donors (Lipinski definition) is 1. The molecule has 0 bridgehead atoms. The zero-order valence-electron chi connectivity index (χ0n) is 19.1. The highest BCUT2D eigenvalue weighted by molar-refractivity contribution is 5.92. The Labute approximate surface area is 181 Å². The van der Waals surface area contributed by atoms with E-state index in [1.54, 1.807) is 4.90 Å². The molecule has 0 saturated heterocycles. The molecule has 8 heteroatoms. The maximum atomic E-state index is 12.8. The number of nitrogens with zero attached hydrogens (tertiary/aromatic N) is 4. The van der Waals surface area contributed by atoms with Crippen LogP contribution in [-0.4, -0.2) is 83.6 Å². The van der Waals surface area contributed by atoms with Crippen LogP contribution in [0.15, 0.2) is 18.6 Å². The van der Waals surface area contributed by atoms with E-state index in [0.717, 1.165) is 32.5 Å². The van der Waals surface area contributed by atoms with Crippen molar-refractivity contribution in [3.05, 3.63) is 24.3 Å². The molecule has 2 amide bonds. The Kier molecular flexibility index (Phi) is 13.6. The minimum Gasteiger partial charge on any atom is -0.382 e. The van der Waals surface area contributed by atoms with Crippen LogP contribution in [0.2, 0.25) is 0 Å². The second-order valence-electron chi connectivity index (χ2n) is 7.32. The van der Waals surface area contributed by atoms with Gasteiger partial charge in [0.25, 0.3) is 5.91 Å². The van der Waals surface area contributed by atoms with Gasteiger partial charge in [0.15, 0.2) is 0 Å². The number of amides is 2. The lowest BCUT2D eigenvalue weighted by molar-refractivity contribution is -0.121. The Morgan fingerprint density at radius 3 is 2.50 bits per heavy atom. The summed E-state index contributed by atoms with van der Waals surface area (Å²) in [6, 6.07) is 0.121. The molecule has 1 unspecified atom stereocenters. The van der Waals surface area contributed by atoms with E-state index in [1.165, 1.54) is 18.6 Å². The normalized spacial score (nSPS) is 12.0. The molecule has 0 saturated carbocycles. The summed E-state index contributed by atoms with van der Waals surface area (Å²) in [7, 11) is 0. The lowest BCUT2D eigenvalue weighted by atomic mass is 10.1. The van der Waals surface area contributed by atoms with Crippen LogP contribution in [-0.2, 0) is 9.53 Å². The maximum Gasteiger partial charge on any atom is 0.274 e. The number of ether oxygens (including phenoxy) is 1. The van der Waals surface area contributed by atoms with Gasteiger partial charge >= 0.3 is 0 Å². The van der Waals surface area contributed by atoms with Gasteiger partial charge in [0, 0.05) is 51.2 Å². The van der Waals surface area contributed by atoms with Crippen LogP contribution in [0, 0.1) is 0 Å². The third-order valence-electron chi connectivity index (χ3n) is 5.01. The molecule has 0 spiro atoms. The van der Waals surface area contributed by atoms with Gasteiger partial charge in [0.05, 0.1) is 6.20 Å². The fourth-order valence-corrected chi connectivity index (χ4v) is 3.20. The molecule has 0 aliphatic heterocycles. The van der Waals surface area contributed by atoms with Gasteiger partial charge < -0.3 is 19.9 Å². The SMILES string of the molecule is CCOCCCN(CCC(=O)NC(C)CCCN(CC)CC)C(=O)c1cnccn1. The molecule has 1 atom stereocenters. The molecule has 1 aromatic heterocycles. The Morgan fingerprint density at radius 1 is 1.10 bits per heavy atom. The van der Waals surface area contributed by atoms with Crippen LogP contribution >= 0.6 is 0 Å². The van der Waals surface area contributed by atoms with E-state index in [0.29, 0.717) is 38.4 Å². The predicted molar refractivity (Wildman–Crippen MR) is 118 cm³/mol. The van der Waals surface area contributed by atoms with E-state index in [2.05, 4.69) is 34.0 Å². The molecule has 1 N–H and O–H groups in total. The topological polar surface area (TPSA) is 87.7 Å². The average Bonchev–Trinajstić information content (AvgIpc) is 2.76. The number of nitrogens with one attached hydrogen (secondary N) is 1. The second kappa shape index (κ2) is 15.7. The van der Waals surface area contributed by atoms with Gasteiger partial charge in [-0.2, -0.15) is 0 Å². The quantitative estimate of drug-likeness (QED) is 0.412. The Balaban J connectivity index is 2.48. The summed E-state index contributed by atoms with van der Waals surface area (Å²) >= 11 is 0. The molecule has 1 heterocycles. The first kappa shape index (κ1) is 26.0. The van der Waals surface area contributed by atoms with Crippen molar-refractivity contribution in [3.63, 3.8) is 0 Å². The number of carbonyl (C=O) groups excluding carboxylic acids is 2. The van der Waals surface area contributed by atoms with E-state index in [1.807, 2.05) is 13.8 Å². The van der Waals surface area contributed by atoms with Crippen molar-refractivity contribution >= 4 is 11.8 Å². The van der Waals surface area contributed by atoms with Crippen molar-refractivity contribution in [1.29, 1.82) is 0 Å². The van der Waals surface area contributed by atoms with Crippen molar-refractivity contribution < 1.29 is 14.3 Å². The largest absolute Gasteiger partial charge is 0.382 e. The fourth-order valence-electron chi connectivity index (χ4n) is 3.20. The first-order valence-corrected chi connectivity index (χ1v) is 11.2. The fraction of sp³-hybridized carbons (Fsp3) is 0.727. The summed E-state index contributed by atoms with van der Waals surface area (Å²) in [5.74, 6) is -0.244. The maximum absolute atomic E-state index is 12.8. The molecular formula is C22H39N5O3. The van der Waals surface area contributed by atoms with Gasteiger partial charge in [-0.05, 0) is 52.7 Å². The highest BCUT2D eigenvalue weighted by Crippen LogP contribution is 2.05. The first-order valence-electron chi connectivity index (χ1n) is 11.2. The zero-order chi connectivity index (χ0) is 22.2. The molecule has 170 valence electrons. The van der Waals surface area contributed by atoms with Crippen LogP contribution in [0.4, 0.5) is 0 Å². The standard InChI is InChI=1S/C22H39N5O3/c1-5-26(6-2)14-8-10-19(4)25-21(28)11-16-27(15-9-17-30-7-3)22(29)20-18-23-12-13-24-20/h12-13,18-19H,5-11,14-17H2,1-4H3,(H,25,28). The minimum atomic E-state index is -0.209. The van der Waals surface area contributed by atoms with Crippen molar-refractivity contribution in [3.8, 4) is 0 Å². The summed E-state index contributed by atoms with van der Waals surface area (Å²) in [5.41, 5.74) is 0.291. The van der Waals surface area contributed by atoms with Crippen molar-refractivity contribution in [2.75, 3.05) is 45.9 Å². The number of rotatable bonds is 16. The molecule has 0 radical (unpaired) electrons. The van der Waals surface area contributed by atoms with Crippen LogP contribution in [0.25, 0.3) is 0 Å². The van der Waals surface area contributed by atoms with E-state index < -0.39 is 0 Å². The molecule has 0 aliphatic rings. The smallest absolute Gasteiger partial charge is 0.274 e. The van der Waals surface area contributed by atoms with Crippen LogP contribution in [0.1, 0.15) is 63.9 Å². The van der Waals surface area contributed by atoms with Gasteiger partial charge in [0.2, 0.25) is 5.91 Å². The predicted octanol–water partition coefficient (Wildman–Crippen LogP) is 2.36. The van der Waals surface area contributed by atoms with E-state index in [-0.39, 0.29) is 24.3 Å². The Bertz CT molecular complexity index is 596. The highest BCUT2D eigenvalue weighted by atomic mass is 16.5. The first-order chi connectivity index (χ1) is 14.5. The van der Waals surface area contributed by atoms with Crippen molar-refractivity contribution in [2.45, 2.75) is 59.4 Å². The molecule has 0 aliphatic carbocycles. The van der Waals surface area contributed by atoms with Gasteiger partial charge in [-0.25, -0.2) is 4.98 Å². The van der Waals surface area contributed by atoms with Gasteiger partial charge in [0.1, 0.15) is 5.69 Å². The van der Waals surface area contributed by atoms with Crippen LogP contribution < -0.4 is 5.32 Å². The highest BCUT2D eigenvalue weighted by Gasteiger charge is 2.18. The lowest BCUT2D eigenvalue weighted by Gasteiger charge is -2.23. The van der Waals surface area contributed by atoms with E-state index in [4.69, 9.17) is 4.74 Å². The molecule has 30 heavy (non-hydrogen) atoms. The third-order valence-corrected chi connectivity index (χ3v) is 5.01. The zero-order valence-corrected chi connectivity index (χ0v) is 19.1. The van der Waals surface area contributed by atoms with Crippen LogP contribution in [0.3, 0.4) is 0 Å². The summed E-state index contributed by atoms with van der Waals surface area (Å²) in [6.07, 6.45) is 7.46. The van der Waals surface area contributed by atoms with E-state index >= 15 is 0 Å². The molecule has 1 rings (SSSR count). The van der Waals surface area contributed by atoms with Gasteiger partial charge in [-0.1, -0.05) is 13.8 Å². The Hall–Kier alpha value is -2.06. The van der Waals surface area contributed by atoms with Gasteiger partial charge in [-0.15, -0.1) is 0 Å². The monoisotopic (exact) mass is 421 g/mol. The number of carbonyl (C=O) groups is 2. The summed E-state index contributed by atoms with van der Waals surface area (Å²) in [5, 5.41) is 3.05. The van der Waals surface area contributed by atoms with Crippen LogP contribution in [0.5, 0.6) is 0 Å². The molecule has 0 aromatic carbocycles. The summed E-state index contributed by atoms with van der Waals surface area (Å²) < 4.78 is 5.37. The lowest BCUT2D eigenvalue weighted by Crippen LogP contribution is -2.39. The third kappa shape index (κ3) is 10.6. The molecular weight excluding hydrogens is 382 g/mol. The van der Waals surface area contributed by atoms with E-state index in [9.17, 15) is 9.59 Å². The summed E-state index contributed by atoms with van der Waals surface area (Å²) in [6.45, 7) is 13.5.